The van der Waals surface area contributed by atoms with Crippen molar-refractivity contribution in [3.8, 4) is 11.1 Å². The molecule has 1 atom stereocenters. The molecule has 248 valence electrons. The van der Waals surface area contributed by atoms with E-state index in [9.17, 15) is 4.11 Å². The second-order valence-corrected chi connectivity index (χ2v) is 14.5. The van der Waals surface area contributed by atoms with Crippen LogP contribution in [0.5, 0.6) is 0 Å². The summed E-state index contributed by atoms with van der Waals surface area (Å²) >= 11 is 1.65. The normalized spacial score (nSPS) is 16.7. The molecule has 1 unspecified atom stereocenters. The molecule has 0 aliphatic heterocycles. The summed E-state index contributed by atoms with van der Waals surface area (Å²) in [6, 6.07) is 51.4. The molecule has 53 heavy (non-hydrogen) atoms. The Morgan fingerprint density at radius 2 is 1.17 bits per heavy atom. The van der Waals surface area contributed by atoms with Crippen molar-refractivity contribution in [3.63, 3.8) is 0 Å². The third-order valence-corrected chi connectivity index (χ3v) is 12.0. The Hall–Kier alpha value is -6.48. The van der Waals surface area contributed by atoms with Crippen molar-refractivity contribution in [1.82, 2.24) is 0 Å². The lowest BCUT2D eigenvalue weighted by atomic mass is 9.67. The number of nitrogens with zero attached hydrogens (tertiary/aromatic N) is 1. The highest BCUT2D eigenvalue weighted by atomic mass is 32.1. The maximum absolute atomic E-state index is 10.1. The lowest BCUT2D eigenvalue weighted by Crippen LogP contribution is -2.28. The van der Waals surface area contributed by atoms with E-state index in [1.54, 1.807) is 11.3 Å². The fraction of sp³-hybridized carbons (Fsp3) is 0.0196. The van der Waals surface area contributed by atoms with Crippen LogP contribution < -0.4 is 4.90 Å². The number of para-hydroxylation sites is 1. The molecule has 10 aromatic rings. The summed E-state index contributed by atoms with van der Waals surface area (Å²) in [5.41, 5.74) is 6.09. The molecule has 1 aliphatic carbocycles. The van der Waals surface area contributed by atoms with Gasteiger partial charge in [0.25, 0.3) is 0 Å². The van der Waals surface area contributed by atoms with Crippen LogP contribution in [0.3, 0.4) is 0 Å². The Morgan fingerprint density at radius 1 is 0.472 bits per heavy atom. The minimum Gasteiger partial charge on any atom is -0.310 e. The van der Waals surface area contributed by atoms with E-state index in [2.05, 4.69) is 102 Å². The number of anilines is 3. The van der Waals surface area contributed by atoms with E-state index < -0.39 is 29.6 Å². The van der Waals surface area contributed by atoms with Gasteiger partial charge in [-0.2, -0.15) is 0 Å². The first-order valence-corrected chi connectivity index (χ1v) is 18.5. The van der Waals surface area contributed by atoms with Gasteiger partial charge in [-0.1, -0.05) is 158 Å². The van der Waals surface area contributed by atoms with Crippen molar-refractivity contribution in [2.75, 3.05) is 4.90 Å². The third-order valence-electron chi connectivity index (χ3n) is 10.7. The number of hydrogen-bond donors (Lipinski definition) is 0. The van der Waals surface area contributed by atoms with Gasteiger partial charge >= 0.3 is 0 Å². The topological polar surface area (TPSA) is 3.24 Å². The molecule has 1 heterocycles. The highest BCUT2D eigenvalue weighted by molar-refractivity contribution is 7.26. The minimum absolute atomic E-state index is 0.0614. The predicted octanol–water partition coefficient (Wildman–Crippen LogP) is 14.2. The van der Waals surface area contributed by atoms with Gasteiger partial charge in [0.2, 0.25) is 0 Å². The molecule has 2 heteroatoms. The number of thiophene rings is 1. The standard InChI is InChI=1S/C51H33NS/c1-2-18-38(19-3-1)52(48-26-12-17-35-15-6-7-20-40(35)48)39-30-31-46-44(33-39)41-21-8-10-24-45(41)51(46,37-29-28-34-14-4-5-16-36(34)32-37)47-25-13-23-43-42-22-9-11-27-49(42)53-50(43)47/h1-33H/i4D,5D,14D,16D,28D,29D,32D. The highest BCUT2D eigenvalue weighted by Crippen LogP contribution is 2.59. The fourth-order valence-electron chi connectivity index (χ4n) is 8.52. The number of fused-ring (bicyclic) bond motifs is 8. The molecule has 0 spiro atoms. The van der Waals surface area contributed by atoms with Crippen molar-refractivity contribution in [2.45, 2.75) is 5.41 Å². The third kappa shape index (κ3) is 4.43. The van der Waals surface area contributed by atoms with Gasteiger partial charge in [0.1, 0.15) is 0 Å². The van der Waals surface area contributed by atoms with E-state index in [0.717, 1.165) is 75.8 Å². The Kier molecular flexibility index (Phi) is 5.31. The van der Waals surface area contributed by atoms with Crippen LogP contribution in [0.1, 0.15) is 31.8 Å². The zero-order valence-corrected chi connectivity index (χ0v) is 29.2. The van der Waals surface area contributed by atoms with Crippen LogP contribution >= 0.6 is 11.3 Å². The van der Waals surface area contributed by atoms with Crippen molar-refractivity contribution < 1.29 is 9.60 Å². The summed E-state index contributed by atoms with van der Waals surface area (Å²) in [4.78, 5) is 2.26. The number of benzene rings is 9. The van der Waals surface area contributed by atoms with Crippen LogP contribution in [-0.2, 0) is 5.41 Å². The zero-order valence-electron chi connectivity index (χ0n) is 35.4. The van der Waals surface area contributed by atoms with E-state index in [4.69, 9.17) is 5.48 Å². The van der Waals surface area contributed by atoms with Gasteiger partial charge in [0, 0.05) is 36.9 Å². The summed E-state index contributed by atoms with van der Waals surface area (Å²) in [5, 5.41) is 4.16. The summed E-state index contributed by atoms with van der Waals surface area (Å²) in [6.07, 6.45) is 0. The first-order valence-electron chi connectivity index (χ1n) is 21.2. The second-order valence-electron chi connectivity index (χ2n) is 13.5. The highest BCUT2D eigenvalue weighted by Gasteiger charge is 2.47. The average Bonchev–Trinajstić information content (AvgIpc) is 3.81. The molecule has 9 aromatic carbocycles. The molecular weight excluding hydrogens is 659 g/mol. The Bertz CT molecular complexity index is 3430. The molecule has 0 radical (unpaired) electrons. The Morgan fingerprint density at radius 3 is 2.09 bits per heavy atom. The molecule has 11 rings (SSSR count). The minimum atomic E-state index is -1.34. The first kappa shape index (κ1) is 23.9. The molecular formula is C51H33NS. The van der Waals surface area contributed by atoms with Gasteiger partial charge in [-0.15, -0.1) is 11.3 Å². The van der Waals surface area contributed by atoms with Crippen molar-refractivity contribution in [2.24, 2.45) is 0 Å². The maximum atomic E-state index is 10.1. The van der Waals surface area contributed by atoms with Crippen LogP contribution in [0.4, 0.5) is 17.1 Å². The molecule has 1 aromatic heterocycles. The molecule has 0 bridgehead atoms. The maximum Gasteiger partial charge on any atom is 0.0727 e. The Balaban J connectivity index is 1.30. The number of hydrogen-bond acceptors (Lipinski definition) is 2. The van der Waals surface area contributed by atoms with Crippen molar-refractivity contribution in [3.05, 3.63) is 222 Å². The SMILES string of the molecule is [2H]c1c([2H])c([2H])c2c([2H])c(C3(c4cccc5c4sc4ccccc45)c4ccccc4-c4cc(N(c5ccccc5)c5cccc6ccccc56)ccc43)c([2H])c([2H])c2c1[2H]. The molecule has 1 nitrogen and oxygen atoms in total. The smallest absolute Gasteiger partial charge is 0.0727 e. The predicted molar refractivity (Wildman–Crippen MR) is 226 cm³/mol. The number of rotatable bonds is 5. The first-order chi connectivity index (χ1) is 29.2. The van der Waals surface area contributed by atoms with Crippen LogP contribution in [0.15, 0.2) is 200 Å². The van der Waals surface area contributed by atoms with Gasteiger partial charge in [0.15, 0.2) is 0 Å². The quantitative estimate of drug-likeness (QED) is 0.173. The fourth-order valence-corrected chi connectivity index (χ4v) is 9.80. The van der Waals surface area contributed by atoms with Crippen molar-refractivity contribution in [1.29, 1.82) is 0 Å². The van der Waals surface area contributed by atoms with E-state index in [0.29, 0.717) is 0 Å². The lowest BCUT2D eigenvalue weighted by molar-refractivity contribution is 0.779. The van der Waals surface area contributed by atoms with E-state index in [1.807, 2.05) is 60.7 Å². The summed E-state index contributed by atoms with van der Waals surface area (Å²) in [7, 11) is 0. The molecule has 0 N–H and O–H groups in total. The summed E-state index contributed by atoms with van der Waals surface area (Å²) in [5.74, 6) is 0. The van der Waals surface area contributed by atoms with Crippen LogP contribution in [0, 0.1) is 0 Å². The van der Waals surface area contributed by atoms with Gasteiger partial charge in [-0.25, -0.2) is 0 Å². The molecule has 1 aliphatic rings. The van der Waals surface area contributed by atoms with Gasteiger partial charge in [-0.3, -0.25) is 0 Å². The lowest BCUT2D eigenvalue weighted by Gasteiger charge is -2.35. The van der Waals surface area contributed by atoms with Gasteiger partial charge in [-0.05, 0) is 92.0 Å². The van der Waals surface area contributed by atoms with Crippen LogP contribution in [-0.4, -0.2) is 0 Å². The summed E-state index contributed by atoms with van der Waals surface area (Å²) in [6.45, 7) is 0. The van der Waals surface area contributed by atoms with E-state index in [1.165, 1.54) is 0 Å². The molecule has 0 amide bonds. The van der Waals surface area contributed by atoms with E-state index >= 15 is 0 Å². The monoisotopic (exact) mass is 698 g/mol. The largest absolute Gasteiger partial charge is 0.310 e. The zero-order chi connectivity index (χ0) is 41.0. The van der Waals surface area contributed by atoms with Crippen molar-refractivity contribution >= 4 is 70.1 Å². The van der Waals surface area contributed by atoms with E-state index in [-0.39, 0.29) is 34.5 Å². The summed E-state index contributed by atoms with van der Waals surface area (Å²) < 4.78 is 66.6. The average molecular weight is 699 g/mol. The Labute approximate surface area is 322 Å². The van der Waals surface area contributed by atoms with Gasteiger partial charge < -0.3 is 4.90 Å². The van der Waals surface area contributed by atoms with Crippen LogP contribution in [0.2, 0.25) is 0 Å². The van der Waals surface area contributed by atoms with Gasteiger partial charge in [0.05, 0.1) is 20.7 Å². The van der Waals surface area contributed by atoms with Crippen LogP contribution in [0.25, 0.3) is 52.8 Å². The molecule has 0 saturated carbocycles. The molecule has 0 saturated heterocycles. The second kappa shape index (κ2) is 11.8. The molecule has 0 fully saturated rings.